The summed E-state index contributed by atoms with van der Waals surface area (Å²) in [5.74, 6) is -0.384. The van der Waals surface area contributed by atoms with Crippen molar-refractivity contribution in [3.05, 3.63) is 64.1 Å². The molecule has 33 heavy (non-hydrogen) atoms. The summed E-state index contributed by atoms with van der Waals surface area (Å²) in [5.41, 5.74) is 0.208. The summed E-state index contributed by atoms with van der Waals surface area (Å²) >= 11 is 0. The Bertz CT molecular complexity index is 1210. The second-order valence-corrected chi connectivity index (χ2v) is 9.30. The maximum atomic E-state index is 14.1. The van der Waals surface area contributed by atoms with Crippen molar-refractivity contribution in [2.45, 2.75) is 56.9 Å². The lowest BCUT2D eigenvalue weighted by Crippen LogP contribution is -2.58. The highest BCUT2D eigenvalue weighted by molar-refractivity contribution is 6.00. The number of rotatable bonds is 3. The normalized spacial score (nSPS) is 27.9. The molecule has 0 fully saturated rings. The fourth-order valence-corrected chi connectivity index (χ4v) is 5.35. The summed E-state index contributed by atoms with van der Waals surface area (Å²) in [7, 11) is 0. The van der Waals surface area contributed by atoms with Crippen molar-refractivity contribution >= 4 is 11.5 Å². The molecule has 1 amide bonds. The molecule has 0 saturated carbocycles. The molecular formula is C23H23F3N6O. The van der Waals surface area contributed by atoms with E-state index in [1.807, 2.05) is 26.0 Å². The molecule has 1 aromatic carbocycles. The number of nitrogens with zero attached hydrogens (tertiary/aromatic N) is 4. The van der Waals surface area contributed by atoms with Crippen LogP contribution in [0, 0.1) is 0 Å². The van der Waals surface area contributed by atoms with Crippen LogP contribution in [0.2, 0.25) is 0 Å². The van der Waals surface area contributed by atoms with Crippen LogP contribution in [0.1, 0.15) is 44.7 Å². The van der Waals surface area contributed by atoms with Gasteiger partial charge in [0.15, 0.2) is 11.9 Å². The minimum atomic E-state index is -4.71. The molecule has 10 heteroatoms. The first-order chi connectivity index (χ1) is 15.6. The Morgan fingerprint density at radius 1 is 1.24 bits per heavy atom. The van der Waals surface area contributed by atoms with Crippen LogP contribution < -0.4 is 10.6 Å². The third-order valence-electron chi connectivity index (χ3n) is 6.66. The fraction of sp³-hybridized carbons (Fsp3) is 0.435. The number of hydrogen-bond acceptors (Lipinski definition) is 6. The third-order valence-corrected chi connectivity index (χ3v) is 6.66. The SMILES string of the molecule is CC[C@]1(c2cccc(C3=CN=NC3)c2)C2=C(CC(C)(C)NC2=O)NC2N=NC(C(F)(F)F)=C21. The van der Waals surface area contributed by atoms with Gasteiger partial charge in [-0.05, 0) is 31.4 Å². The van der Waals surface area contributed by atoms with Gasteiger partial charge in [0, 0.05) is 28.8 Å². The highest BCUT2D eigenvalue weighted by Crippen LogP contribution is 2.54. The zero-order valence-electron chi connectivity index (χ0n) is 18.4. The maximum absolute atomic E-state index is 14.1. The van der Waals surface area contributed by atoms with Crippen molar-refractivity contribution in [3.63, 3.8) is 0 Å². The number of carbonyl (C=O) groups is 1. The van der Waals surface area contributed by atoms with E-state index < -0.39 is 29.0 Å². The van der Waals surface area contributed by atoms with Crippen molar-refractivity contribution < 1.29 is 18.0 Å². The van der Waals surface area contributed by atoms with Gasteiger partial charge in [0.1, 0.15) is 0 Å². The van der Waals surface area contributed by atoms with Gasteiger partial charge in [0.05, 0.1) is 23.7 Å². The first-order valence-corrected chi connectivity index (χ1v) is 10.8. The highest BCUT2D eigenvalue weighted by atomic mass is 19.4. The zero-order chi connectivity index (χ0) is 23.6. The number of hydrogen-bond donors (Lipinski definition) is 2. The van der Waals surface area contributed by atoms with Gasteiger partial charge in [-0.1, -0.05) is 31.2 Å². The lowest BCUT2D eigenvalue weighted by atomic mass is 9.61. The molecule has 0 bridgehead atoms. The van der Waals surface area contributed by atoms with Crippen LogP contribution >= 0.6 is 0 Å². The fourth-order valence-electron chi connectivity index (χ4n) is 5.35. The average Bonchev–Trinajstić information content (AvgIpc) is 3.41. The molecule has 0 radical (unpaired) electrons. The second-order valence-electron chi connectivity index (χ2n) is 9.30. The molecular weight excluding hydrogens is 433 g/mol. The van der Waals surface area contributed by atoms with Gasteiger partial charge in [0.2, 0.25) is 0 Å². The Morgan fingerprint density at radius 2 is 2.03 bits per heavy atom. The van der Waals surface area contributed by atoms with E-state index in [1.54, 1.807) is 25.3 Å². The van der Waals surface area contributed by atoms with E-state index in [2.05, 4.69) is 31.1 Å². The van der Waals surface area contributed by atoms with Gasteiger partial charge in [-0.2, -0.15) is 28.5 Å². The summed E-state index contributed by atoms with van der Waals surface area (Å²) in [6, 6.07) is 7.27. The van der Waals surface area contributed by atoms with Crippen LogP contribution in [0.3, 0.4) is 0 Å². The third kappa shape index (κ3) is 3.22. The highest BCUT2D eigenvalue weighted by Gasteiger charge is 2.57. The minimum Gasteiger partial charge on any atom is -0.362 e. The van der Waals surface area contributed by atoms with Gasteiger partial charge < -0.3 is 10.6 Å². The van der Waals surface area contributed by atoms with Crippen LogP contribution in [0.25, 0.3) is 5.57 Å². The van der Waals surface area contributed by atoms with Gasteiger partial charge in [0.25, 0.3) is 5.91 Å². The summed E-state index contributed by atoms with van der Waals surface area (Å²) < 4.78 is 42.3. The molecule has 2 atom stereocenters. The van der Waals surface area contributed by atoms with Gasteiger partial charge in [-0.15, -0.1) is 5.11 Å². The van der Waals surface area contributed by atoms with Crippen molar-refractivity contribution in [2.75, 3.05) is 6.54 Å². The summed E-state index contributed by atoms with van der Waals surface area (Å²) in [6.07, 6.45) is -3.37. The van der Waals surface area contributed by atoms with E-state index in [1.165, 1.54) is 0 Å². The van der Waals surface area contributed by atoms with Gasteiger partial charge in [-0.3, -0.25) is 4.79 Å². The molecule has 172 valence electrons. The largest absolute Gasteiger partial charge is 0.435 e. The maximum Gasteiger partial charge on any atom is 0.435 e. The summed E-state index contributed by atoms with van der Waals surface area (Å²) in [5, 5.41) is 21.5. The van der Waals surface area contributed by atoms with E-state index >= 15 is 0 Å². The van der Waals surface area contributed by atoms with Gasteiger partial charge in [-0.25, -0.2) is 0 Å². The van der Waals surface area contributed by atoms with E-state index in [0.29, 0.717) is 29.8 Å². The quantitative estimate of drug-likeness (QED) is 0.677. The van der Waals surface area contributed by atoms with Gasteiger partial charge >= 0.3 is 6.18 Å². The van der Waals surface area contributed by atoms with Crippen LogP contribution in [-0.4, -0.2) is 30.3 Å². The molecule has 0 aliphatic carbocycles. The molecule has 2 N–H and O–H groups in total. The predicted molar refractivity (Wildman–Crippen MR) is 115 cm³/mol. The monoisotopic (exact) mass is 456 g/mol. The number of benzene rings is 1. The standard InChI is InChI=1S/C23H23F3N6O/c1-4-22(14-7-5-6-12(8-14)13-10-27-28-11-13)16-15(9-21(2,3)30-20(16)33)29-19-17(22)18(31-32-19)23(24,25)26/h5-8,10,19,29H,4,9,11H2,1-3H3,(H,30,33)/t19?,22-/m0/s1. The lowest BCUT2D eigenvalue weighted by molar-refractivity contribution is -0.120. The molecule has 1 unspecified atom stereocenters. The van der Waals surface area contributed by atoms with E-state index in [0.717, 1.165) is 11.1 Å². The first kappa shape index (κ1) is 21.5. The molecule has 0 saturated heterocycles. The number of alkyl halides is 3. The molecule has 0 aromatic heterocycles. The van der Waals surface area contributed by atoms with E-state index in [4.69, 9.17) is 0 Å². The summed E-state index contributed by atoms with van der Waals surface area (Å²) in [4.78, 5) is 13.5. The average molecular weight is 456 g/mol. The number of fused-ring (bicyclic) bond motifs is 1. The topological polar surface area (TPSA) is 90.6 Å². The number of halogens is 3. The van der Waals surface area contributed by atoms with Crippen molar-refractivity contribution in [1.29, 1.82) is 0 Å². The number of nitrogens with one attached hydrogen (secondary N) is 2. The molecule has 4 heterocycles. The molecule has 0 spiro atoms. The number of azo groups is 2. The lowest BCUT2D eigenvalue weighted by Gasteiger charge is -2.48. The molecule has 5 rings (SSSR count). The van der Waals surface area contributed by atoms with E-state index in [-0.39, 0.29) is 17.9 Å². The smallest absolute Gasteiger partial charge is 0.362 e. The van der Waals surface area contributed by atoms with Crippen LogP contribution in [-0.2, 0) is 10.2 Å². The molecule has 4 aliphatic rings. The number of allylic oxidation sites excluding steroid dienone is 1. The van der Waals surface area contributed by atoms with E-state index in [9.17, 15) is 18.0 Å². The van der Waals surface area contributed by atoms with Crippen LogP contribution in [0.5, 0.6) is 0 Å². The van der Waals surface area contributed by atoms with Crippen LogP contribution in [0.15, 0.2) is 73.5 Å². The molecule has 4 aliphatic heterocycles. The Hall–Kier alpha value is -3.30. The Balaban J connectivity index is 1.81. The summed E-state index contributed by atoms with van der Waals surface area (Å²) in [6.45, 7) is 5.96. The minimum absolute atomic E-state index is 0.0296. The van der Waals surface area contributed by atoms with Crippen molar-refractivity contribution in [2.24, 2.45) is 20.5 Å². The van der Waals surface area contributed by atoms with Crippen LogP contribution in [0.4, 0.5) is 13.2 Å². The first-order valence-electron chi connectivity index (χ1n) is 10.8. The van der Waals surface area contributed by atoms with Crippen molar-refractivity contribution in [3.8, 4) is 0 Å². The molecule has 7 nitrogen and oxygen atoms in total. The van der Waals surface area contributed by atoms with Crippen molar-refractivity contribution in [1.82, 2.24) is 10.6 Å². The number of amides is 1. The Kier molecular flexibility index (Phi) is 4.63. The second kappa shape index (κ2) is 7.10. The zero-order valence-corrected chi connectivity index (χ0v) is 18.4. The predicted octanol–water partition coefficient (Wildman–Crippen LogP) is 4.91. The number of carbonyl (C=O) groups excluding carboxylic acids is 1. The molecule has 1 aromatic rings. The Morgan fingerprint density at radius 3 is 2.70 bits per heavy atom. The Labute approximate surface area is 188 Å².